The maximum Gasteiger partial charge on any atom is 0.255 e. The zero-order valence-corrected chi connectivity index (χ0v) is 8.97. The Morgan fingerprint density at radius 2 is 2.06 bits per heavy atom. The summed E-state index contributed by atoms with van der Waals surface area (Å²) < 4.78 is 0. The van der Waals surface area contributed by atoms with Gasteiger partial charge in [-0.05, 0) is 19.1 Å². The van der Waals surface area contributed by atoms with Gasteiger partial charge < -0.3 is 20.6 Å². The molecule has 0 heterocycles. The van der Waals surface area contributed by atoms with E-state index in [1.54, 1.807) is 12.1 Å². The highest BCUT2D eigenvalue weighted by Gasteiger charge is 2.20. The van der Waals surface area contributed by atoms with E-state index in [2.05, 4.69) is 5.32 Å². The molecule has 1 amide bonds. The van der Waals surface area contributed by atoms with E-state index in [4.69, 9.17) is 5.11 Å². The molecule has 0 fully saturated rings. The van der Waals surface area contributed by atoms with Crippen LogP contribution < -0.4 is 5.32 Å². The predicted molar refractivity (Wildman–Crippen MR) is 58.1 cm³/mol. The molecule has 5 heteroatoms. The molecule has 1 rings (SSSR count). The molecule has 1 aromatic carbocycles. The smallest absolute Gasteiger partial charge is 0.255 e. The zero-order valence-electron chi connectivity index (χ0n) is 8.97. The Bertz CT molecular complexity index is 376. The van der Waals surface area contributed by atoms with Crippen molar-refractivity contribution in [3.05, 3.63) is 29.8 Å². The summed E-state index contributed by atoms with van der Waals surface area (Å²) in [7, 11) is 0. The van der Waals surface area contributed by atoms with Crippen molar-refractivity contribution in [3.63, 3.8) is 0 Å². The maximum atomic E-state index is 11.6. The van der Waals surface area contributed by atoms with E-state index in [1.165, 1.54) is 19.1 Å². The molecule has 0 bridgehead atoms. The number of aliphatic hydroxyl groups is 2. The van der Waals surface area contributed by atoms with Crippen molar-refractivity contribution >= 4 is 5.91 Å². The van der Waals surface area contributed by atoms with Gasteiger partial charge in [0.1, 0.15) is 11.4 Å². The molecule has 0 aliphatic rings. The first-order valence-corrected chi connectivity index (χ1v) is 4.86. The van der Waals surface area contributed by atoms with Gasteiger partial charge in [0.2, 0.25) is 0 Å². The first kappa shape index (κ1) is 12.5. The molecule has 1 unspecified atom stereocenters. The van der Waals surface area contributed by atoms with Crippen LogP contribution in [0.2, 0.25) is 0 Å². The molecule has 0 spiro atoms. The standard InChI is InChI=1S/C11H15NO4/c1-11(16,7-13)6-12-10(15)8-4-2-3-5-9(8)14/h2-5,13-14,16H,6-7H2,1H3,(H,12,15). The quantitative estimate of drug-likeness (QED) is 0.574. The molecule has 1 aromatic rings. The van der Waals surface area contributed by atoms with Crippen molar-refractivity contribution in [2.45, 2.75) is 12.5 Å². The van der Waals surface area contributed by atoms with Crippen LogP contribution in [-0.4, -0.2) is 40.0 Å². The number of amides is 1. The second kappa shape index (κ2) is 4.96. The summed E-state index contributed by atoms with van der Waals surface area (Å²) in [6.07, 6.45) is 0. The Morgan fingerprint density at radius 3 is 2.62 bits per heavy atom. The summed E-state index contributed by atoms with van der Waals surface area (Å²) in [6, 6.07) is 6.10. The van der Waals surface area contributed by atoms with Gasteiger partial charge in [-0.15, -0.1) is 0 Å². The minimum absolute atomic E-state index is 0.0866. The third kappa shape index (κ3) is 3.22. The van der Waals surface area contributed by atoms with Crippen molar-refractivity contribution in [3.8, 4) is 5.75 Å². The lowest BCUT2D eigenvalue weighted by molar-refractivity contribution is 0.00318. The molecule has 0 saturated carbocycles. The maximum absolute atomic E-state index is 11.6. The molecule has 16 heavy (non-hydrogen) atoms. The number of rotatable bonds is 4. The minimum atomic E-state index is -1.36. The summed E-state index contributed by atoms with van der Waals surface area (Å²) >= 11 is 0. The third-order valence-electron chi connectivity index (χ3n) is 2.12. The molecular formula is C11H15NO4. The van der Waals surface area contributed by atoms with Gasteiger partial charge >= 0.3 is 0 Å². The molecule has 4 N–H and O–H groups in total. The van der Waals surface area contributed by atoms with E-state index in [0.29, 0.717) is 0 Å². The number of phenolic OH excluding ortho intramolecular Hbond substituents is 1. The van der Waals surface area contributed by atoms with Crippen molar-refractivity contribution in [1.29, 1.82) is 0 Å². The summed E-state index contributed by atoms with van der Waals surface area (Å²) in [5.41, 5.74) is -1.23. The van der Waals surface area contributed by atoms with E-state index in [1.807, 2.05) is 0 Å². The molecule has 0 aliphatic carbocycles. The highest BCUT2D eigenvalue weighted by Crippen LogP contribution is 2.15. The lowest BCUT2D eigenvalue weighted by atomic mass is 10.1. The Balaban J connectivity index is 2.64. The number of hydrogen-bond donors (Lipinski definition) is 4. The second-order valence-electron chi connectivity index (χ2n) is 3.85. The van der Waals surface area contributed by atoms with Crippen molar-refractivity contribution in [1.82, 2.24) is 5.32 Å². The van der Waals surface area contributed by atoms with Gasteiger partial charge in [-0.2, -0.15) is 0 Å². The normalized spacial score (nSPS) is 14.2. The van der Waals surface area contributed by atoms with Crippen LogP contribution in [0.5, 0.6) is 5.75 Å². The molecule has 1 atom stereocenters. The van der Waals surface area contributed by atoms with Crippen molar-refractivity contribution in [2.75, 3.05) is 13.2 Å². The minimum Gasteiger partial charge on any atom is -0.507 e. The van der Waals surface area contributed by atoms with Crippen LogP contribution in [0.3, 0.4) is 0 Å². The molecule has 88 valence electrons. The summed E-state index contributed by atoms with van der Waals surface area (Å²) in [5, 5.41) is 30.1. The third-order valence-corrected chi connectivity index (χ3v) is 2.12. The second-order valence-corrected chi connectivity index (χ2v) is 3.85. The molecule has 0 aromatic heterocycles. The van der Waals surface area contributed by atoms with Crippen molar-refractivity contribution < 1.29 is 20.1 Å². The number of benzene rings is 1. The Hall–Kier alpha value is -1.59. The van der Waals surface area contributed by atoms with Gasteiger partial charge in [0, 0.05) is 6.54 Å². The number of carbonyl (C=O) groups is 1. The average Bonchev–Trinajstić information content (AvgIpc) is 2.27. The molecule has 5 nitrogen and oxygen atoms in total. The topological polar surface area (TPSA) is 89.8 Å². The zero-order chi connectivity index (χ0) is 12.2. The fourth-order valence-electron chi connectivity index (χ4n) is 1.09. The van der Waals surface area contributed by atoms with Crippen molar-refractivity contribution in [2.24, 2.45) is 0 Å². The molecular weight excluding hydrogens is 210 g/mol. The van der Waals surface area contributed by atoms with Crippen LogP contribution in [0, 0.1) is 0 Å². The van der Waals surface area contributed by atoms with E-state index in [-0.39, 0.29) is 17.9 Å². The summed E-state index contributed by atoms with van der Waals surface area (Å²) in [6.45, 7) is 0.864. The van der Waals surface area contributed by atoms with Crippen LogP contribution in [0.1, 0.15) is 17.3 Å². The average molecular weight is 225 g/mol. The lowest BCUT2D eigenvalue weighted by Crippen LogP contribution is -2.43. The Labute approximate surface area is 93.4 Å². The number of para-hydroxylation sites is 1. The first-order valence-electron chi connectivity index (χ1n) is 4.86. The first-order chi connectivity index (χ1) is 7.46. The summed E-state index contributed by atoms with van der Waals surface area (Å²) in [4.78, 5) is 11.6. The van der Waals surface area contributed by atoms with Crippen LogP contribution >= 0.6 is 0 Å². The Kier molecular flexibility index (Phi) is 3.87. The molecule has 0 aliphatic heterocycles. The van der Waals surface area contributed by atoms with E-state index in [9.17, 15) is 15.0 Å². The van der Waals surface area contributed by atoms with E-state index < -0.39 is 18.1 Å². The van der Waals surface area contributed by atoms with Crippen LogP contribution in [0.15, 0.2) is 24.3 Å². The van der Waals surface area contributed by atoms with Gasteiger partial charge in [0.15, 0.2) is 0 Å². The predicted octanol–water partition coefficient (Wildman–Crippen LogP) is -0.135. The highest BCUT2D eigenvalue weighted by atomic mass is 16.3. The van der Waals surface area contributed by atoms with E-state index in [0.717, 1.165) is 0 Å². The Morgan fingerprint density at radius 1 is 1.44 bits per heavy atom. The number of aliphatic hydroxyl groups excluding tert-OH is 1. The molecule has 0 saturated heterocycles. The fraction of sp³-hybridized carbons (Fsp3) is 0.364. The van der Waals surface area contributed by atoms with Crippen LogP contribution in [0.25, 0.3) is 0 Å². The van der Waals surface area contributed by atoms with Gasteiger partial charge in [-0.1, -0.05) is 12.1 Å². The number of nitrogens with one attached hydrogen (secondary N) is 1. The number of hydrogen-bond acceptors (Lipinski definition) is 4. The van der Waals surface area contributed by atoms with E-state index >= 15 is 0 Å². The van der Waals surface area contributed by atoms with Crippen LogP contribution in [-0.2, 0) is 0 Å². The molecule has 0 radical (unpaired) electrons. The number of aromatic hydroxyl groups is 1. The number of carbonyl (C=O) groups excluding carboxylic acids is 1. The number of phenols is 1. The van der Waals surface area contributed by atoms with Gasteiger partial charge in [0.25, 0.3) is 5.91 Å². The lowest BCUT2D eigenvalue weighted by Gasteiger charge is -2.20. The monoisotopic (exact) mass is 225 g/mol. The van der Waals surface area contributed by atoms with Gasteiger partial charge in [-0.3, -0.25) is 4.79 Å². The fourth-order valence-corrected chi connectivity index (χ4v) is 1.09. The van der Waals surface area contributed by atoms with Gasteiger partial charge in [0.05, 0.1) is 12.2 Å². The SMILES string of the molecule is CC(O)(CO)CNC(=O)c1ccccc1O. The van der Waals surface area contributed by atoms with Crippen LogP contribution in [0.4, 0.5) is 0 Å². The largest absolute Gasteiger partial charge is 0.507 e. The highest BCUT2D eigenvalue weighted by molar-refractivity contribution is 5.96. The summed E-state index contributed by atoms with van der Waals surface area (Å²) in [5.74, 6) is -0.615. The van der Waals surface area contributed by atoms with Gasteiger partial charge in [-0.25, -0.2) is 0 Å².